The molecule has 1 aliphatic rings. The molecule has 2 aromatic carbocycles. The van der Waals surface area contributed by atoms with Crippen molar-refractivity contribution in [2.45, 2.75) is 10.9 Å². The summed E-state index contributed by atoms with van der Waals surface area (Å²) >= 11 is 3.56. The van der Waals surface area contributed by atoms with Gasteiger partial charge in [-0.15, -0.1) is 0 Å². The van der Waals surface area contributed by atoms with Crippen molar-refractivity contribution in [1.82, 2.24) is 9.78 Å². The molecule has 0 saturated carbocycles. The van der Waals surface area contributed by atoms with E-state index in [-0.39, 0.29) is 10.9 Å². The molecule has 2 heterocycles. The van der Waals surface area contributed by atoms with Gasteiger partial charge in [-0.1, -0.05) is 30.3 Å². The first-order chi connectivity index (χ1) is 13.3. The van der Waals surface area contributed by atoms with Crippen molar-refractivity contribution in [3.8, 4) is 0 Å². The van der Waals surface area contributed by atoms with Crippen molar-refractivity contribution in [3.63, 3.8) is 0 Å². The normalized spacial score (nSPS) is 16.5. The Morgan fingerprint density at radius 3 is 2.43 bits per heavy atom. The molecule has 3 aromatic rings. The van der Waals surface area contributed by atoms with Gasteiger partial charge in [-0.2, -0.15) is 13.5 Å². The highest BCUT2D eigenvalue weighted by Crippen LogP contribution is 2.38. The number of hydrogen-bond acceptors (Lipinski definition) is 5. The summed E-state index contributed by atoms with van der Waals surface area (Å²) in [5.74, 6) is 1.64. The fourth-order valence-electron chi connectivity index (χ4n) is 3.20. The van der Waals surface area contributed by atoms with Crippen LogP contribution < -0.4 is 10.2 Å². The van der Waals surface area contributed by atoms with Crippen LogP contribution in [0.4, 0.5) is 11.5 Å². The van der Waals surface area contributed by atoms with Crippen LogP contribution in [0, 0.1) is 0 Å². The highest BCUT2D eigenvalue weighted by Gasteiger charge is 2.28. The summed E-state index contributed by atoms with van der Waals surface area (Å²) in [6.45, 7) is 0. The molecule has 1 unspecified atom stereocenters. The van der Waals surface area contributed by atoms with Crippen LogP contribution in [0.15, 0.2) is 76.2 Å². The van der Waals surface area contributed by atoms with Gasteiger partial charge < -0.3 is 10.2 Å². The van der Waals surface area contributed by atoms with Crippen LogP contribution in [0.3, 0.4) is 0 Å². The predicted octanol–water partition coefficient (Wildman–Crippen LogP) is 3.99. The largest absolute Gasteiger partial charge is 0.348 e. The van der Waals surface area contributed by atoms with E-state index in [9.17, 15) is 8.42 Å². The van der Waals surface area contributed by atoms with E-state index in [2.05, 4.69) is 49.5 Å². The van der Waals surface area contributed by atoms with Crippen molar-refractivity contribution in [3.05, 3.63) is 76.9 Å². The van der Waals surface area contributed by atoms with Crippen LogP contribution in [0.5, 0.6) is 0 Å². The Balaban J connectivity index is 1.73. The molecule has 9 heteroatoms. The van der Waals surface area contributed by atoms with Crippen LogP contribution in [-0.2, 0) is 10.1 Å². The summed E-state index contributed by atoms with van der Waals surface area (Å²) in [4.78, 5) is 1.97. The number of aromatic nitrogens is 2. The maximum Gasteiger partial charge on any atom is 0.294 e. The van der Waals surface area contributed by atoms with Crippen LogP contribution in [-0.4, -0.2) is 29.8 Å². The molecule has 0 aliphatic carbocycles. The number of rotatable bonds is 4. The maximum absolute atomic E-state index is 11.2. The van der Waals surface area contributed by atoms with E-state index < -0.39 is 10.1 Å². The standard InChI is InChI=1S/C19H17BrN4O3S/c1-23-17(13-5-3-2-4-6-13)11-18(24-19(23)16(20)12-21-24)22-14-7-9-15(10-8-14)28(25,26)27/h2-12,17,22H,1H3,(H,25,26,27). The smallest absolute Gasteiger partial charge is 0.294 e. The van der Waals surface area contributed by atoms with Gasteiger partial charge in [0.15, 0.2) is 0 Å². The average Bonchev–Trinajstić information content (AvgIpc) is 3.07. The van der Waals surface area contributed by atoms with Crippen LogP contribution in [0.1, 0.15) is 11.6 Å². The summed E-state index contributed by atoms with van der Waals surface area (Å²) < 4.78 is 34.3. The van der Waals surface area contributed by atoms with Gasteiger partial charge in [0.25, 0.3) is 10.1 Å². The molecule has 0 radical (unpaired) electrons. The quantitative estimate of drug-likeness (QED) is 0.572. The summed E-state index contributed by atoms with van der Waals surface area (Å²) in [6, 6.07) is 16.0. The van der Waals surface area contributed by atoms with E-state index in [0.29, 0.717) is 5.69 Å². The number of likely N-dealkylation sites (N-methyl/N-ethyl adjacent to an activating group) is 1. The van der Waals surface area contributed by atoms with Crippen molar-refractivity contribution in [2.24, 2.45) is 0 Å². The Bertz CT molecular complexity index is 1140. The summed E-state index contributed by atoms with van der Waals surface area (Å²) in [5, 5.41) is 7.72. The maximum atomic E-state index is 11.2. The Labute approximate surface area is 171 Å². The summed E-state index contributed by atoms with van der Waals surface area (Å²) in [7, 11) is -2.22. The zero-order chi connectivity index (χ0) is 19.9. The lowest BCUT2D eigenvalue weighted by molar-refractivity contribution is 0.483. The van der Waals surface area contributed by atoms with Gasteiger partial charge >= 0.3 is 0 Å². The molecule has 0 amide bonds. The summed E-state index contributed by atoms with van der Waals surface area (Å²) in [6.07, 6.45) is 3.79. The number of anilines is 2. The van der Waals surface area contributed by atoms with Gasteiger partial charge in [0, 0.05) is 12.7 Å². The van der Waals surface area contributed by atoms with Crippen LogP contribution in [0.25, 0.3) is 5.82 Å². The van der Waals surface area contributed by atoms with Crippen molar-refractivity contribution in [1.29, 1.82) is 0 Å². The number of fused-ring (bicyclic) bond motifs is 1. The lowest BCUT2D eigenvalue weighted by Crippen LogP contribution is -2.31. The zero-order valence-electron chi connectivity index (χ0n) is 14.8. The number of halogens is 1. The predicted molar refractivity (Wildman–Crippen MR) is 112 cm³/mol. The van der Waals surface area contributed by atoms with Crippen LogP contribution in [0.2, 0.25) is 0 Å². The first kappa shape index (κ1) is 18.7. The van der Waals surface area contributed by atoms with E-state index in [1.54, 1.807) is 23.0 Å². The van der Waals surface area contributed by atoms with Gasteiger partial charge in [-0.3, -0.25) is 4.55 Å². The Morgan fingerprint density at radius 2 is 1.79 bits per heavy atom. The van der Waals surface area contributed by atoms with Crippen molar-refractivity contribution in [2.75, 3.05) is 17.3 Å². The molecule has 1 atom stereocenters. The first-order valence-corrected chi connectivity index (χ1v) is 10.7. The second-order valence-corrected chi connectivity index (χ2v) is 8.65. The second kappa shape index (κ2) is 7.08. The minimum Gasteiger partial charge on any atom is -0.348 e. The highest BCUT2D eigenvalue weighted by atomic mass is 79.9. The molecular formula is C19H17BrN4O3S. The molecule has 144 valence electrons. The minimum atomic E-state index is -4.22. The first-order valence-electron chi connectivity index (χ1n) is 8.42. The Morgan fingerprint density at radius 1 is 1.11 bits per heavy atom. The van der Waals surface area contributed by atoms with E-state index in [1.165, 1.54) is 12.1 Å². The number of benzene rings is 2. The summed E-state index contributed by atoms with van der Waals surface area (Å²) in [5.41, 5.74) is 1.80. The Kier molecular flexibility index (Phi) is 4.74. The van der Waals surface area contributed by atoms with Gasteiger partial charge in [0.2, 0.25) is 0 Å². The SMILES string of the molecule is CN1c2c(Br)cnn2C(Nc2ccc(S(=O)(=O)O)cc2)=CC1c1ccccc1. The molecule has 0 saturated heterocycles. The second-order valence-electron chi connectivity index (χ2n) is 6.37. The van der Waals surface area contributed by atoms with Gasteiger partial charge in [-0.25, -0.2) is 4.68 Å². The lowest BCUT2D eigenvalue weighted by atomic mass is 10.0. The van der Waals surface area contributed by atoms with E-state index in [1.807, 2.05) is 25.2 Å². The fourth-order valence-corrected chi connectivity index (χ4v) is 4.22. The minimum absolute atomic E-state index is 0.0127. The van der Waals surface area contributed by atoms with E-state index in [0.717, 1.165) is 21.7 Å². The monoisotopic (exact) mass is 460 g/mol. The topological polar surface area (TPSA) is 87.5 Å². The molecule has 7 nitrogen and oxygen atoms in total. The third-order valence-electron chi connectivity index (χ3n) is 4.56. The van der Waals surface area contributed by atoms with Gasteiger partial charge in [0.1, 0.15) is 11.6 Å². The van der Waals surface area contributed by atoms with Crippen molar-refractivity contribution < 1.29 is 13.0 Å². The van der Waals surface area contributed by atoms with Crippen LogP contribution >= 0.6 is 15.9 Å². The molecule has 1 aliphatic heterocycles. The average molecular weight is 461 g/mol. The molecule has 1 aromatic heterocycles. The van der Waals surface area contributed by atoms with Gasteiger partial charge in [0.05, 0.1) is 21.6 Å². The molecule has 2 N–H and O–H groups in total. The number of hydrogen-bond donors (Lipinski definition) is 2. The molecular weight excluding hydrogens is 444 g/mol. The fraction of sp³-hybridized carbons (Fsp3) is 0.105. The zero-order valence-corrected chi connectivity index (χ0v) is 17.2. The number of nitrogens with one attached hydrogen (secondary N) is 1. The lowest BCUT2D eigenvalue weighted by Gasteiger charge is -2.34. The number of nitrogens with zero attached hydrogens (tertiary/aromatic N) is 3. The molecule has 0 fully saturated rings. The Hall–Kier alpha value is -2.62. The van der Waals surface area contributed by atoms with Gasteiger partial charge in [-0.05, 0) is 51.8 Å². The third kappa shape index (κ3) is 3.44. The third-order valence-corrected chi connectivity index (χ3v) is 5.99. The molecule has 4 rings (SSSR count). The molecule has 0 bridgehead atoms. The molecule has 0 spiro atoms. The van der Waals surface area contributed by atoms with E-state index >= 15 is 0 Å². The molecule has 28 heavy (non-hydrogen) atoms. The van der Waals surface area contributed by atoms with E-state index in [4.69, 9.17) is 4.55 Å². The highest BCUT2D eigenvalue weighted by molar-refractivity contribution is 9.10. The van der Waals surface area contributed by atoms with Crippen molar-refractivity contribution >= 4 is 43.4 Å².